The Bertz CT molecular complexity index is 597. The van der Waals surface area contributed by atoms with E-state index in [1.54, 1.807) is 0 Å². The molecule has 1 aromatic carbocycles. The molecule has 0 saturated carbocycles. The quantitative estimate of drug-likeness (QED) is 0.826. The lowest BCUT2D eigenvalue weighted by atomic mass is 9.86. The van der Waals surface area contributed by atoms with Crippen molar-refractivity contribution in [2.24, 2.45) is 15.9 Å². The van der Waals surface area contributed by atoms with Crippen LogP contribution in [0.4, 0.5) is 5.69 Å². The summed E-state index contributed by atoms with van der Waals surface area (Å²) in [5, 5.41) is 8.91. The molecular formula is C16H16N2O. The molecule has 0 radical (unpaired) electrons. The molecule has 3 heteroatoms. The fraction of sp³-hybridized carbons (Fsp3) is 0.250. The van der Waals surface area contributed by atoms with Gasteiger partial charge in [-0.25, -0.2) is 0 Å². The second-order valence-electron chi connectivity index (χ2n) is 4.62. The van der Waals surface area contributed by atoms with Gasteiger partial charge < -0.3 is 5.11 Å². The molecular weight excluding hydrogens is 236 g/mol. The zero-order valence-corrected chi connectivity index (χ0v) is 10.7. The molecule has 0 aromatic heterocycles. The maximum atomic E-state index is 8.91. The van der Waals surface area contributed by atoms with E-state index < -0.39 is 0 Å². The van der Waals surface area contributed by atoms with Crippen LogP contribution in [0.3, 0.4) is 0 Å². The van der Waals surface area contributed by atoms with Crippen LogP contribution in [0.25, 0.3) is 0 Å². The largest absolute Gasteiger partial charge is 0.396 e. The molecule has 1 N–H and O–H groups in total. The van der Waals surface area contributed by atoms with Crippen LogP contribution >= 0.6 is 0 Å². The number of benzene rings is 1. The minimum atomic E-state index is 0.151. The van der Waals surface area contributed by atoms with Crippen molar-refractivity contribution >= 4 is 17.1 Å². The molecule has 1 heterocycles. The minimum Gasteiger partial charge on any atom is -0.396 e. The maximum absolute atomic E-state index is 8.91. The van der Waals surface area contributed by atoms with Gasteiger partial charge in [0.05, 0.1) is 23.0 Å². The summed E-state index contributed by atoms with van der Waals surface area (Å²) in [6, 6.07) is 8.10. The molecule has 1 unspecified atom stereocenters. The highest BCUT2D eigenvalue weighted by Crippen LogP contribution is 2.31. The molecule has 1 aromatic rings. The van der Waals surface area contributed by atoms with Gasteiger partial charge in [-0.2, -0.15) is 0 Å². The van der Waals surface area contributed by atoms with Gasteiger partial charge >= 0.3 is 0 Å². The zero-order valence-electron chi connectivity index (χ0n) is 10.7. The lowest BCUT2D eigenvalue weighted by Crippen LogP contribution is -2.27. The van der Waals surface area contributed by atoms with Gasteiger partial charge in [-0.05, 0) is 18.6 Å². The first-order valence-corrected chi connectivity index (χ1v) is 6.58. The third-order valence-electron chi connectivity index (χ3n) is 3.32. The lowest BCUT2D eigenvalue weighted by Gasteiger charge is -2.24. The van der Waals surface area contributed by atoms with Crippen LogP contribution in [0.1, 0.15) is 12.0 Å². The van der Waals surface area contributed by atoms with E-state index in [4.69, 9.17) is 10.1 Å². The van der Waals surface area contributed by atoms with Crippen LogP contribution in [0.15, 0.2) is 58.6 Å². The Balaban J connectivity index is 2.05. The summed E-state index contributed by atoms with van der Waals surface area (Å²) in [4.78, 5) is 9.38. The van der Waals surface area contributed by atoms with E-state index in [0.29, 0.717) is 13.0 Å². The number of aliphatic hydroxyl groups is 1. The van der Waals surface area contributed by atoms with E-state index in [-0.39, 0.29) is 12.5 Å². The molecule has 1 aliphatic heterocycles. The Morgan fingerprint density at radius 3 is 3.00 bits per heavy atom. The summed E-state index contributed by atoms with van der Waals surface area (Å²) in [6.45, 7) is 0.835. The molecule has 1 atom stereocenters. The average Bonchev–Trinajstić information content (AvgIpc) is 2.46. The van der Waals surface area contributed by atoms with Gasteiger partial charge in [-0.15, -0.1) is 0 Å². The van der Waals surface area contributed by atoms with Crippen molar-refractivity contribution in [2.75, 3.05) is 13.2 Å². The highest BCUT2D eigenvalue weighted by atomic mass is 16.3. The number of allylic oxidation sites excluding steroid dienone is 4. The standard InChI is InChI=1S/C16H16N2O/c19-11-5-10-17-16-12-6-1-3-8-14(12)18-15-9-4-2-7-13(15)16/h1-4,6-9,12,19H,5,10-11H2. The first-order valence-electron chi connectivity index (χ1n) is 6.58. The van der Waals surface area contributed by atoms with Gasteiger partial charge in [0.25, 0.3) is 0 Å². The van der Waals surface area contributed by atoms with E-state index in [1.165, 1.54) is 0 Å². The Hall–Kier alpha value is -2.00. The van der Waals surface area contributed by atoms with Crippen molar-refractivity contribution in [1.29, 1.82) is 0 Å². The van der Waals surface area contributed by atoms with E-state index >= 15 is 0 Å². The molecule has 96 valence electrons. The minimum absolute atomic E-state index is 0.151. The molecule has 0 bridgehead atoms. The number of hydrogen-bond acceptors (Lipinski definition) is 3. The summed E-state index contributed by atoms with van der Waals surface area (Å²) in [5.74, 6) is 0.151. The number of hydrogen-bond donors (Lipinski definition) is 1. The fourth-order valence-corrected chi connectivity index (χ4v) is 2.42. The Morgan fingerprint density at radius 1 is 1.21 bits per heavy atom. The molecule has 2 aliphatic rings. The summed E-state index contributed by atoms with van der Waals surface area (Å²) in [6.07, 6.45) is 8.92. The van der Waals surface area contributed by atoms with Gasteiger partial charge in [0.1, 0.15) is 0 Å². The van der Waals surface area contributed by atoms with Crippen molar-refractivity contribution in [2.45, 2.75) is 6.42 Å². The first kappa shape index (κ1) is 12.1. The molecule has 19 heavy (non-hydrogen) atoms. The maximum Gasteiger partial charge on any atom is 0.0724 e. The predicted molar refractivity (Wildman–Crippen MR) is 78.4 cm³/mol. The number of aliphatic hydroxyl groups excluding tert-OH is 1. The number of para-hydroxylation sites is 1. The Kier molecular flexibility index (Phi) is 3.38. The molecule has 3 nitrogen and oxygen atoms in total. The number of rotatable bonds is 3. The van der Waals surface area contributed by atoms with Gasteiger partial charge in [0.2, 0.25) is 0 Å². The number of aliphatic imine (C=N–C) groups is 2. The smallest absolute Gasteiger partial charge is 0.0724 e. The van der Waals surface area contributed by atoms with Crippen LogP contribution in [-0.2, 0) is 0 Å². The third kappa shape index (κ3) is 2.29. The number of fused-ring (bicyclic) bond motifs is 2. The SMILES string of the molecule is OCCCN=C1c2ccccc2N=C2C=CC=CC21. The molecule has 0 fully saturated rings. The lowest BCUT2D eigenvalue weighted by molar-refractivity contribution is 0.291. The van der Waals surface area contributed by atoms with Gasteiger partial charge in [0.15, 0.2) is 0 Å². The molecule has 0 amide bonds. The van der Waals surface area contributed by atoms with Crippen molar-refractivity contribution in [3.63, 3.8) is 0 Å². The average molecular weight is 252 g/mol. The normalized spacial score (nSPS) is 22.1. The highest BCUT2D eigenvalue weighted by Gasteiger charge is 2.26. The van der Waals surface area contributed by atoms with Crippen LogP contribution in [0.2, 0.25) is 0 Å². The van der Waals surface area contributed by atoms with Crippen molar-refractivity contribution < 1.29 is 5.11 Å². The van der Waals surface area contributed by atoms with Crippen LogP contribution in [-0.4, -0.2) is 29.7 Å². The topological polar surface area (TPSA) is 45.0 Å². The predicted octanol–water partition coefficient (Wildman–Crippen LogP) is 2.69. The molecule has 3 rings (SSSR count). The summed E-state index contributed by atoms with van der Waals surface area (Å²) >= 11 is 0. The van der Waals surface area contributed by atoms with Crippen molar-refractivity contribution in [3.05, 3.63) is 54.1 Å². The van der Waals surface area contributed by atoms with E-state index in [2.05, 4.69) is 17.1 Å². The number of nitrogens with zero attached hydrogens (tertiary/aromatic N) is 2. The summed E-state index contributed by atoms with van der Waals surface area (Å²) in [5.41, 5.74) is 4.20. The van der Waals surface area contributed by atoms with Gasteiger partial charge in [0, 0.05) is 18.7 Å². The van der Waals surface area contributed by atoms with Gasteiger partial charge in [-0.3, -0.25) is 9.98 Å². The van der Waals surface area contributed by atoms with E-state index in [9.17, 15) is 0 Å². The van der Waals surface area contributed by atoms with Gasteiger partial charge in [-0.1, -0.05) is 36.4 Å². The Morgan fingerprint density at radius 2 is 2.11 bits per heavy atom. The second-order valence-corrected chi connectivity index (χ2v) is 4.62. The Labute approximate surface area is 112 Å². The van der Waals surface area contributed by atoms with Crippen molar-refractivity contribution in [1.82, 2.24) is 0 Å². The second kappa shape index (κ2) is 5.33. The zero-order chi connectivity index (χ0) is 13.1. The van der Waals surface area contributed by atoms with E-state index in [1.807, 2.05) is 36.4 Å². The monoisotopic (exact) mass is 252 g/mol. The fourth-order valence-electron chi connectivity index (χ4n) is 2.42. The molecule has 0 saturated heterocycles. The third-order valence-corrected chi connectivity index (χ3v) is 3.32. The van der Waals surface area contributed by atoms with Crippen LogP contribution in [0.5, 0.6) is 0 Å². The van der Waals surface area contributed by atoms with Crippen LogP contribution < -0.4 is 0 Å². The molecule has 1 aliphatic carbocycles. The van der Waals surface area contributed by atoms with E-state index in [0.717, 1.165) is 22.7 Å². The summed E-state index contributed by atoms with van der Waals surface area (Å²) < 4.78 is 0. The first-order chi connectivity index (χ1) is 9.40. The van der Waals surface area contributed by atoms with Crippen LogP contribution in [0, 0.1) is 5.92 Å². The molecule has 0 spiro atoms. The highest BCUT2D eigenvalue weighted by molar-refractivity contribution is 6.24. The summed E-state index contributed by atoms with van der Waals surface area (Å²) in [7, 11) is 0. The van der Waals surface area contributed by atoms with Crippen molar-refractivity contribution in [3.8, 4) is 0 Å².